The SMILES string of the molecule is N#Cc1ccn(C2CC(c3ccc(F)cc3)CC2N2CCC[C@@H](NC(=O)O)C2)c1. The smallest absolute Gasteiger partial charge is 0.404 e. The minimum atomic E-state index is -0.979. The molecule has 6 nitrogen and oxygen atoms in total. The third-order valence-electron chi connectivity index (χ3n) is 6.31. The Morgan fingerprint density at radius 2 is 1.97 bits per heavy atom. The van der Waals surface area contributed by atoms with Gasteiger partial charge in [0.05, 0.1) is 5.56 Å². The summed E-state index contributed by atoms with van der Waals surface area (Å²) < 4.78 is 15.5. The van der Waals surface area contributed by atoms with Gasteiger partial charge in [-0.15, -0.1) is 0 Å². The van der Waals surface area contributed by atoms with Gasteiger partial charge in [0.15, 0.2) is 0 Å². The fourth-order valence-electron chi connectivity index (χ4n) is 5.00. The quantitative estimate of drug-likeness (QED) is 0.825. The number of nitrogens with one attached hydrogen (secondary N) is 1. The zero-order valence-corrected chi connectivity index (χ0v) is 16.2. The molecule has 1 aromatic heterocycles. The highest BCUT2D eigenvalue weighted by Crippen LogP contribution is 2.44. The van der Waals surface area contributed by atoms with E-state index in [0.29, 0.717) is 18.0 Å². The average molecular weight is 396 g/mol. The summed E-state index contributed by atoms with van der Waals surface area (Å²) in [5.41, 5.74) is 1.77. The molecule has 0 bridgehead atoms. The van der Waals surface area contributed by atoms with Crippen LogP contribution in [0.15, 0.2) is 42.7 Å². The number of benzene rings is 1. The Morgan fingerprint density at radius 3 is 2.66 bits per heavy atom. The highest BCUT2D eigenvalue weighted by Gasteiger charge is 2.40. The molecule has 1 saturated heterocycles. The van der Waals surface area contributed by atoms with E-state index in [2.05, 4.69) is 20.9 Å². The van der Waals surface area contributed by atoms with Crippen molar-refractivity contribution in [2.75, 3.05) is 13.1 Å². The summed E-state index contributed by atoms with van der Waals surface area (Å²) in [4.78, 5) is 13.5. The summed E-state index contributed by atoms with van der Waals surface area (Å²) in [5, 5.41) is 20.9. The first-order valence-electron chi connectivity index (χ1n) is 10.1. The van der Waals surface area contributed by atoms with Crippen molar-refractivity contribution in [3.63, 3.8) is 0 Å². The van der Waals surface area contributed by atoms with E-state index in [-0.39, 0.29) is 23.9 Å². The molecule has 7 heteroatoms. The maximum atomic E-state index is 13.4. The summed E-state index contributed by atoms with van der Waals surface area (Å²) >= 11 is 0. The van der Waals surface area contributed by atoms with Crippen LogP contribution in [-0.2, 0) is 0 Å². The molecule has 152 valence electrons. The fourth-order valence-corrected chi connectivity index (χ4v) is 5.00. The minimum absolute atomic E-state index is 0.0638. The Morgan fingerprint density at radius 1 is 1.21 bits per heavy atom. The predicted molar refractivity (Wildman–Crippen MR) is 106 cm³/mol. The van der Waals surface area contributed by atoms with Crippen molar-refractivity contribution in [1.82, 2.24) is 14.8 Å². The third-order valence-corrected chi connectivity index (χ3v) is 6.31. The molecular formula is C22H25FN4O2. The van der Waals surface area contributed by atoms with Crippen LogP contribution >= 0.6 is 0 Å². The summed E-state index contributed by atoms with van der Waals surface area (Å²) in [6.07, 6.45) is 6.50. The first kappa shape index (κ1) is 19.5. The van der Waals surface area contributed by atoms with Gasteiger partial charge in [-0.1, -0.05) is 12.1 Å². The molecule has 3 unspecified atom stereocenters. The van der Waals surface area contributed by atoms with Crippen LogP contribution in [0.2, 0.25) is 0 Å². The average Bonchev–Trinajstić information content (AvgIpc) is 3.35. The normalized spacial score (nSPS) is 27.4. The van der Waals surface area contributed by atoms with Crippen molar-refractivity contribution in [2.24, 2.45) is 0 Å². The van der Waals surface area contributed by atoms with E-state index in [4.69, 9.17) is 5.11 Å². The molecule has 1 aromatic carbocycles. The van der Waals surface area contributed by atoms with Crippen molar-refractivity contribution in [2.45, 2.75) is 49.7 Å². The molecule has 1 aliphatic heterocycles. The van der Waals surface area contributed by atoms with Gasteiger partial charge < -0.3 is 15.0 Å². The van der Waals surface area contributed by atoms with E-state index in [1.807, 2.05) is 30.6 Å². The van der Waals surface area contributed by atoms with Crippen LogP contribution in [0.5, 0.6) is 0 Å². The summed E-state index contributed by atoms with van der Waals surface area (Å²) in [6.45, 7) is 1.62. The molecule has 2 N–H and O–H groups in total. The Balaban J connectivity index is 1.58. The van der Waals surface area contributed by atoms with E-state index in [1.54, 1.807) is 0 Å². The third kappa shape index (κ3) is 4.28. The zero-order valence-electron chi connectivity index (χ0n) is 16.2. The van der Waals surface area contributed by atoms with E-state index >= 15 is 0 Å². The standard InChI is InChI=1S/C22H25FN4O2/c23-18-5-3-16(4-6-18)17-10-20(21(11-17)27-9-7-15(12-24)13-27)26-8-1-2-19(14-26)25-22(28)29/h3-7,9,13,17,19-21,25H,1-2,8,10-11,14H2,(H,28,29)/t17?,19-,20?,21?/m1/s1. The topological polar surface area (TPSA) is 81.3 Å². The Bertz CT molecular complexity index is 904. The summed E-state index contributed by atoms with van der Waals surface area (Å²) in [7, 11) is 0. The maximum absolute atomic E-state index is 13.4. The number of nitriles is 1. The van der Waals surface area contributed by atoms with Gasteiger partial charge >= 0.3 is 6.09 Å². The van der Waals surface area contributed by atoms with Gasteiger partial charge in [0.2, 0.25) is 0 Å². The lowest BCUT2D eigenvalue weighted by atomic mass is 9.97. The molecule has 1 aliphatic carbocycles. The van der Waals surface area contributed by atoms with Gasteiger partial charge in [-0.3, -0.25) is 4.90 Å². The van der Waals surface area contributed by atoms with Gasteiger partial charge in [-0.2, -0.15) is 5.26 Å². The van der Waals surface area contributed by atoms with E-state index in [1.165, 1.54) is 12.1 Å². The summed E-state index contributed by atoms with van der Waals surface area (Å²) in [6, 6.07) is 11.1. The van der Waals surface area contributed by atoms with Crippen LogP contribution in [-0.4, -0.2) is 45.8 Å². The number of hydrogen-bond acceptors (Lipinski definition) is 3. The number of piperidine rings is 1. The molecule has 2 aliphatic rings. The highest BCUT2D eigenvalue weighted by molar-refractivity contribution is 5.64. The van der Waals surface area contributed by atoms with Crippen LogP contribution in [0.1, 0.15) is 48.8 Å². The van der Waals surface area contributed by atoms with E-state index in [0.717, 1.165) is 37.8 Å². The van der Waals surface area contributed by atoms with Crippen molar-refractivity contribution in [3.8, 4) is 6.07 Å². The molecule has 29 heavy (non-hydrogen) atoms. The van der Waals surface area contributed by atoms with Gasteiger partial charge in [0.1, 0.15) is 11.9 Å². The molecule has 0 spiro atoms. The van der Waals surface area contributed by atoms with Crippen molar-refractivity contribution in [1.29, 1.82) is 5.26 Å². The Hall–Kier alpha value is -2.85. The molecule has 2 fully saturated rings. The minimum Gasteiger partial charge on any atom is -0.465 e. The second-order valence-corrected chi connectivity index (χ2v) is 8.10. The van der Waals surface area contributed by atoms with E-state index in [9.17, 15) is 14.4 Å². The molecular weight excluding hydrogens is 371 g/mol. The van der Waals surface area contributed by atoms with Crippen LogP contribution in [0.25, 0.3) is 0 Å². The number of nitrogens with zero attached hydrogens (tertiary/aromatic N) is 3. The molecule has 2 heterocycles. The molecule has 2 aromatic rings. The number of carbonyl (C=O) groups is 1. The van der Waals surface area contributed by atoms with Crippen LogP contribution in [0.4, 0.5) is 9.18 Å². The Kier molecular flexibility index (Phi) is 5.54. The maximum Gasteiger partial charge on any atom is 0.404 e. The molecule has 1 amide bonds. The van der Waals surface area contributed by atoms with Crippen molar-refractivity contribution < 1.29 is 14.3 Å². The molecule has 1 saturated carbocycles. The second-order valence-electron chi connectivity index (χ2n) is 8.10. The molecule has 0 radical (unpaired) electrons. The monoisotopic (exact) mass is 396 g/mol. The number of aromatic nitrogens is 1. The molecule has 4 rings (SSSR count). The predicted octanol–water partition coefficient (Wildman–Crippen LogP) is 3.72. The first-order valence-corrected chi connectivity index (χ1v) is 10.1. The van der Waals surface area contributed by atoms with Gasteiger partial charge in [-0.05, 0) is 61.9 Å². The lowest BCUT2D eigenvalue weighted by Gasteiger charge is -2.39. The van der Waals surface area contributed by atoms with Crippen LogP contribution in [0, 0.1) is 17.1 Å². The lowest BCUT2D eigenvalue weighted by Crippen LogP contribution is -2.51. The van der Waals surface area contributed by atoms with Crippen molar-refractivity contribution in [3.05, 3.63) is 59.7 Å². The number of rotatable bonds is 4. The van der Waals surface area contributed by atoms with Gasteiger partial charge in [-0.25, -0.2) is 9.18 Å². The number of carboxylic acid groups (broad SMARTS) is 1. The zero-order chi connectivity index (χ0) is 20.4. The Labute approximate surface area is 169 Å². The van der Waals surface area contributed by atoms with Gasteiger partial charge in [0, 0.05) is 37.1 Å². The van der Waals surface area contributed by atoms with Crippen LogP contribution in [0.3, 0.4) is 0 Å². The second kappa shape index (κ2) is 8.26. The number of amides is 1. The number of hydrogen-bond donors (Lipinski definition) is 2. The largest absolute Gasteiger partial charge is 0.465 e. The highest BCUT2D eigenvalue weighted by atomic mass is 19.1. The van der Waals surface area contributed by atoms with Gasteiger partial charge in [0.25, 0.3) is 0 Å². The fraction of sp³-hybridized carbons (Fsp3) is 0.455. The van der Waals surface area contributed by atoms with Crippen molar-refractivity contribution >= 4 is 6.09 Å². The first-order chi connectivity index (χ1) is 14.0. The van der Waals surface area contributed by atoms with Crippen LogP contribution < -0.4 is 5.32 Å². The molecule has 4 atom stereocenters. The summed E-state index contributed by atoms with van der Waals surface area (Å²) in [5.74, 6) is 0.0638. The number of halogens is 1. The van der Waals surface area contributed by atoms with E-state index < -0.39 is 6.09 Å². The number of likely N-dealkylation sites (tertiary alicyclic amines) is 1. The lowest BCUT2D eigenvalue weighted by molar-refractivity contribution is 0.110.